The fourth-order valence-electron chi connectivity index (χ4n) is 5.00. The van der Waals surface area contributed by atoms with Gasteiger partial charge in [0.1, 0.15) is 5.82 Å². The predicted octanol–water partition coefficient (Wildman–Crippen LogP) is 9.63. The second-order valence-electron chi connectivity index (χ2n) is 12.2. The Morgan fingerprint density at radius 2 is 1.66 bits per heavy atom. The summed E-state index contributed by atoms with van der Waals surface area (Å²) in [4.78, 5) is 13.0. The topological polar surface area (TPSA) is 51.8 Å². The van der Waals surface area contributed by atoms with Gasteiger partial charge in [-0.15, -0.1) is 53.6 Å². The first-order valence-corrected chi connectivity index (χ1v) is 17.8. The van der Waals surface area contributed by atoms with Crippen LogP contribution in [0, 0.1) is 24.8 Å². The fourth-order valence-corrected chi connectivity index (χ4v) is 6.58. The van der Waals surface area contributed by atoms with Crippen molar-refractivity contribution >= 4 is 35.3 Å². The molecule has 0 fully saturated rings. The van der Waals surface area contributed by atoms with Gasteiger partial charge in [0.15, 0.2) is 0 Å². The predicted molar refractivity (Wildman–Crippen MR) is 178 cm³/mol. The Kier molecular flexibility index (Phi) is 8.68. The molecule has 0 N–H and O–H groups in total. The minimum atomic E-state index is -2.13. The number of halogens is 1. The van der Waals surface area contributed by atoms with E-state index in [4.69, 9.17) is 9.90 Å². The zero-order valence-corrected chi connectivity index (χ0v) is 29.4. The van der Waals surface area contributed by atoms with Crippen molar-refractivity contribution < 1.29 is 34.4 Å². The summed E-state index contributed by atoms with van der Waals surface area (Å²) in [6.07, 6.45) is 4.85. The van der Waals surface area contributed by atoms with Crippen LogP contribution >= 0.6 is 0 Å². The molecule has 4 aromatic heterocycles. The number of furan rings is 1. The maximum atomic E-state index is 13.9. The Morgan fingerprint density at radius 3 is 2.32 bits per heavy atom. The van der Waals surface area contributed by atoms with E-state index in [0.717, 1.165) is 33.2 Å². The van der Waals surface area contributed by atoms with E-state index >= 15 is 0 Å². The first kappa shape index (κ1) is 28.0. The average molecular weight is 784 g/mol. The van der Waals surface area contributed by atoms with E-state index in [1.807, 2.05) is 64.2 Å². The van der Waals surface area contributed by atoms with Gasteiger partial charge in [-0.1, -0.05) is 82.8 Å². The van der Waals surface area contributed by atoms with Crippen LogP contribution in [0.4, 0.5) is 4.39 Å². The molecule has 44 heavy (non-hydrogen) atoms. The molecule has 2 aromatic carbocycles. The summed E-state index contributed by atoms with van der Waals surface area (Å²) in [6.45, 7) is 12.3. The summed E-state index contributed by atoms with van der Waals surface area (Å²) in [7, 11) is -1.61. The number of aryl methyl sites for hydroxylation is 1. The van der Waals surface area contributed by atoms with E-state index in [0.29, 0.717) is 22.6 Å². The third-order valence-corrected chi connectivity index (χ3v) is 9.33. The molecule has 6 rings (SSSR count). The van der Waals surface area contributed by atoms with Gasteiger partial charge in [-0.05, 0) is 46.1 Å². The van der Waals surface area contributed by atoms with Crippen molar-refractivity contribution in [2.24, 2.45) is 0 Å². The van der Waals surface area contributed by atoms with Gasteiger partial charge < -0.3 is 14.4 Å². The molecule has 0 saturated heterocycles. The van der Waals surface area contributed by atoms with Gasteiger partial charge in [0.05, 0.1) is 19.9 Å². The molecule has 0 aliphatic carbocycles. The van der Waals surface area contributed by atoms with E-state index < -0.39 is 20.8 Å². The minimum Gasteiger partial charge on any atom is -0.486 e. The van der Waals surface area contributed by atoms with Crippen molar-refractivity contribution in [3.05, 3.63) is 108 Å². The molecule has 0 unspecified atom stereocenters. The zero-order chi connectivity index (χ0) is 34.3. The molecular weight excluding hydrogens is 742 g/mol. The molecule has 4 heterocycles. The monoisotopic (exact) mass is 784 g/mol. The molecule has 0 aliphatic heterocycles. The van der Waals surface area contributed by atoms with Crippen LogP contribution in [0.15, 0.2) is 77.6 Å². The van der Waals surface area contributed by atoms with E-state index in [2.05, 4.69) is 46.7 Å². The maximum Gasteiger partial charge on any atom is 0.216 e. The standard InChI is InChI=1S/C19H14FN2O.C18H24NSi.Ir/c1-11(2)15-9-17(22-10-16(15)20)14-6-3-5-12-13-7-4-8-21-19(13)23-18(12)14;1-13(2)16-11-17(15-9-7-14(3)8-10-15)19-12-18(16)20(4,5)6;/h3-5,7-11H,1-2H3;7-9,11-13H,1-6H3;/q2*-1;/i;3D3,13D;. The van der Waals surface area contributed by atoms with E-state index in [1.165, 1.54) is 17.4 Å². The van der Waals surface area contributed by atoms with Crippen molar-refractivity contribution in [2.75, 3.05) is 0 Å². The Balaban J connectivity index is 0.000000212. The third-order valence-electron chi connectivity index (χ3n) is 7.31. The van der Waals surface area contributed by atoms with E-state index in [-0.39, 0.29) is 37.4 Å². The molecule has 4 nitrogen and oxygen atoms in total. The summed E-state index contributed by atoms with van der Waals surface area (Å²) in [5.41, 5.74) is 5.99. The number of hydrogen-bond donors (Lipinski definition) is 0. The van der Waals surface area contributed by atoms with Crippen LogP contribution in [0.2, 0.25) is 19.6 Å². The summed E-state index contributed by atoms with van der Waals surface area (Å²) in [5, 5.41) is 3.09. The second kappa shape index (κ2) is 13.6. The largest absolute Gasteiger partial charge is 0.486 e. The quantitative estimate of drug-likeness (QED) is 0.129. The fraction of sp³-hybridized carbons (Fsp3) is 0.270. The Morgan fingerprint density at radius 1 is 0.909 bits per heavy atom. The molecule has 0 amide bonds. The summed E-state index contributed by atoms with van der Waals surface area (Å²) in [6, 6.07) is 22.4. The van der Waals surface area contributed by atoms with Gasteiger partial charge in [0.2, 0.25) is 5.71 Å². The maximum absolute atomic E-state index is 13.9. The minimum absolute atomic E-state index is 0. The van der Waals surface area contributed by atoms with Crippen LogP contribution in [0.25, 0.3) is 44.6 Å². The van der Waals surface area contributed by atoms with Crippen LogP contribution in [0.5, 0.6) is 0 Å². The number of benzene rings is 2. The zero-order valence-electron chi connectivity index (χ0n) is 30.0. The second-order valence-corrected chi connectivity index (χ2v) is 17.2. The summed E-state index contributed by atoms with van der Waals surface area (Å²) in [5.74, 6) is -0.929. The summed E-state index contributed by atoms with van der Waals surface area (Å²) >= 11 is 0. The van der Waals surface area contributed by atoms with Gasteiger partial charge in [0.25, 0.3) is 0 Å². The number of aromatic nitrogens is 3. The Hall–Kier alpha value is -3.51. The molecule has 0 bridgehead atoms. The van der Waals surface area contributed by atoms with Gasteiger partial charge in [-0.3, -0.25) is 0 Å². The van der Waals surface area contributed by atoms with Gasteiger partial charge >= 0.3 is 0 Å². The Bertz CT molecular complexity index is 2050. The number of hydrogen-bond acceptors (Lipinski definition) is 4. The van der Waals surface area contributed by atoms with Crippen molar-refractivity contribution in [2.45, 2.75) is 66.0 Å². The number of rotatable bonds is 5. The smallest absolute Gasteiger partial charge is 0.216 e. The van der Waals surface area contributed by atoms with Gasteiger partial charge in [-0.2, -0.15) is 0 Å². The van der Waals surface area contributed by atoms with Crippen LogP contribution in [0.3, 0.4) is 0 Å². The first-order valence-electron chi connectivity index (χ1n) is 16.3. The molecule has 0 atom stereocenters. The molecule has 7 heteroatoms. The summed E-state index contributed by atoms with van der Waals surface area (Å²) < 4.78 is 50.6. The molecule has 0 aliphatic rings. The van der Waals surface area contributed by atoms with Crippen LogP contribution in [-0.2, 0) is 20.1 Å². The molecule has 1 radical (unpaired) electrons. The third kappa shape index (κ3) is 7.07. The van der Waals surface area contributed by atoms with Crippen LogP contribution in [0.1, 0.15) is 61.7 Å². The van der Waals surface area contributed by atoms with Crippen molar-refractivity contribution in [1.29, 1.82) is 0 Å². The number of fused-ring (bicyclic) bond motifs is 3. The SMILES string of the molecule is CC(C)c1cc(-c2[c-]ccc3c2oc2ncccc23)ncc1F.[2H]C([2H])([2H])c1c[c-]c(-c2cc(C([2H])(C)C)c([Si](C)(C)C)cn2)cc1.[Ir]. The molecule has 0 saturated carbocycles. The van der Waals surface area contributed by atoms with Crippen molar-refractivity contribution in [3.63, 3.8) is 0 Å². The van der Waals surface area contributed by atoms with Crippen molar-refractivity contribution in [3.8, 4) is 22.5 Å². The van der Waals surface area contributed by atoms with E-state index in [9.17, 15) is 4.39 Å². The average Bonchev–Trinajstić information content (AvgIpc) is 3.39. The van der Waals surface area contributed by atoms with Crippen LogP contribution in [-0.4, -0.2) is 23.0 Å². The molecule has 6 aromatic rings. The van der Waals surface area contributed by atoms with E-state index in [1.54, 1.807) is 24.4 Å². The van der Waals surface area contributed by atoms with Gasteiger partial charge in [0, 0.05) is 43.4 Å². The molecule has 0 spiro atoms. The first-order chi connectivity index (χ1) is 21.9. The Labute approximate surface area is 280 Å². The van der Waals surface area contributed by atoms with Crippen molar-refractivity contribution in [1.82, 2.24) is 15.0 Å². The number of nitrogens with zero attached hydrogens (tertiary/aromatic N) is 3. The molecular formula is C37H38FIrN3OSi-2. The number of pyridine rings is 3. The normalized spacial score (nSPS) is 13.4. The van der Waals surface area contributed by atoms with Crippen LogP contribution < -0.4 is 5.19 Å². The molecule has 229 valence electrons. The van der Waals surface area contributed by atoms with Gasteiger partial charge in [-0.25, -0.2) is 9.37 Å².